The smallest absolute Gasteiger partial charge is 0.239 e. The first kappa shape index (κ1) is 14.6. The van der Waals surface area contributed by atoms with E-state index in [0.29, 0.717) is 31.0 Å². The van der Waals surface area contributed by atoms with E-state index in [-0.39, 0.29) is 5.95 Å². The van der Waals surface area contributed by atoms with Gasteiger partial charge in [-0.15, -0.1) is 0 Å². The lowest BCUT2D eigenvalue weighted by molar-refractivity contribution is 1.12. The molecule has 2 aromatic rings. The van der Waals surface area contributed by atoms with Crippen LogP contribution in [-0.2, 0) is 0 Å². The second-order valence-electron chi connectivity index (χ2n) is 3.38. The van der Waals surface area contributed by atoms with Crippen molar-refractivity contribution in [3.8, 4) is 0 Å². The molecule has 0 saturated carbocycles. The largest absolute Gasteiger partial charge is 0.338 e. The summed E-state index contributed by atoms with van der Waals surface area (Å²) in [5, 5.41) is 4.05. The van der Waals surface area contributed by atoms with Gasteiger partial charge in [0.2, 0.25) is 5.95 Å². The average Bonchev–Trinajstić information content (AvgIpc) is 2.41. The number of nitrogens with zero attached hydrogens (tertiary/aromatic N) is 2. The van der Waals surface area contributed by atoms with E-state index < -0.39 is 0 Å². The summed E-state index contributed by atoms with van der Waals surface area (Å²) in [6.45, 7) is 0. The number of benzene rings is 1. The Labute approximate surface area is 132 Å². The maximum absolute atomic E-state index is 6.12. The van der Waals surface area contributed by atoms with Crippen LogP contribution in [0.25, 0.3) is 0 Å². The van der Waals surface area contributed by atoms with Crippen molar-refractivity contribution in [2.45, 2.75) is 0 Å². The van der Waals surface area contributed by atoms with Crippen molar-refractivity contribution in [1.82, 2.24) is 9.97 Å². The Balaban J connectivity index is 2.39. The Morgan fingerprint density at radius 2 is 1.89 bits per heavy atom. The summed E-state index contributed by atoms with van der Waals surface area (Å²) >= 11 is 21.4. The molecule has 0 aliphatic rings. The normalized spacial score (nSPS) is 10.4. The van der Waals surface area contributed by atoms with Gasteiger partial charge in [-0.25, -0.2) is 10.8 Å². The Morgan fingerprint density at radius 1 is 1.16 bits per heavy atom. The number of halogens is 4. The van der Waals surface area contributed by atoms with Gasteiger partial charge < -0.3 is 5.32 Å². The predicted molar refractivity (Wildman–Crippen MR) is 82.3 cm³/mol. The summed E-state index contributed by atoms with van der Waals surface area (Å²) in [6.07, 6.45) is 1.42. The number of anilines is 3. The van der Waals surface area contributed by atoms with Gasteiger partial charge in [0.15, 0.2) is 5.82 Å². The Kier molecular flexibility index (Phi) is 4.70. The summed E-state index contributed by atoms with van der Waals surface area (Å²) < 4.78 is 0.697. The quantitative estimate of drug-likeness (QED) is 0.420. The lowest BCUT2D eigenvalue weighted by atomic mass is 10.3. The molecule has 0 radical (unpaired) electrons. The third-order valence-electron chi connectivity index (χ3n) is 2.16. The Morgan fingerprint density at radius 3 is 2.58 bits per heavy atom. The average molecular weight is 383 g/mol. The third kappa shape index (κ3) is 3.21. The first-order valence-electron chi connectivity index (χ1n) is 4.92. The molecule has 0 saturated heterocycles. The van der Waals surface area contributed by atoms with Gasteiger partial charge in [0.1, 0.15) is 5.02 Å². The van der Waals surface area contributed by atoms with Crippen LogP contribution in [-0.4, -0.2) is 9.97 Å². The molecular formula is C10H7BrCl3N5. The van der Waals surface area contributed by atoms with Crippen LogP contribution >= 0.6 is 50.7 Å². The molecule has 9 heteroatoms. The molecule has 19 heavy (non-hydrogen) atoms. The second kappa shape index (κ2) is 6.11. The summed E-state index contributed by atoms with van der Waals surface area (Å²) in [6, 6.07) is 3.50. The molecule has 0 atom stereocenters. The highest BCUT2D eigenvalue weighted by Gasteiger charge is 2.11. The fourth-order valence-electron chi connectivity index (χ4n) is 1.27. The maximum Gasteiger partial charge on any atom is 0.239 e. The Hall–Kier alpha value is -0.790. The lowest BCUT2D eigenvalue weighted by Crippen LogP contribution is -2.11. The van der Waals surface area contributed by atoms with Crippen molar-refractivity contribution >= 4 is 68.2 Å². The second-order valence-corrected chi connectivity index (χ2v) is 5.40. The van der Waals surface area contributed by atoms with Crippen LogP contribution < -0.4 is 16.6 Å². The van der Waals surface area contributed by atoms with Crippen molar-refractivity contribution < 1.29 is 0 Å². The molecule has 0 bridgehead atoms. The van der Waals surface area contributed by atoms with Gasteiger partial charge in [0.05, 0.1) is 21.9 Å². The molecule has 0 unspecified atom stereocenters. The van der Waals surface area contributed by atoms with Gasteiger partial charge in [0, 0.05) is 4.47 Å². The molecule has 0 amide bonds. The van der Waals surface area contributed by atoms with Crippen LogP contribution in [0.4, 0.5) is 17.5 Å². The molecule has 0 aliphatic heterocycles. The number of hydrogen-bond donors (Lipinski definition) is 3. The highest BCUT2D eigenvalue weighted by molar-refractivity contribution is 9.10. The summed E-state index contributed by atoms with van der Waals surface area (Å²) in [5.41, 5.74) is 2.90. The minimum absolute atomic E-state index is 0.228. The number of nitrogen functional groups attached to an aromatic ring is 1. The van der Waals surface area contributed by atoms with Crippen LogP contribution in [0.3, 0.4) is 0 Å². The highest BCUT2D eigenvalue weighted by Crippen LogP contribution is 2.37. The van der Waals surface area contributed by atoms with Crippen molar-refractivity contribution in [2.24, 2.45) is 5.84 Å². The molecule has 0 aliphatic carbocycles. The fraction of sp³-hybridized carbons (Fsp3) is 0. The van der Waals surface area contributed by atoms with E-state index in [1.165, 1.54) is 6.20 Å². The Bertz CT molecular complexity index is 622. The third-order valence-corrected chi connectivity index (χ3v) is 4.21. The van der Waals surface area contributed by atoms with Crippen LogP contribution in [0, 0.1) is 0 Å². The molecule has 4 N–H and O–H groups in total. The molecule has 1 aromatic carbocycles. The van der Waals surface area contributed by atoms with Crippen LogP contribution in [0.5, 0.6) is 0 Å². The molecule has 1 aromatic heterocycles. The predicted octanol–water partition coefficient (Wildman–Crippen LogP) is 4.23. The lowest BCUT2D eigenvalue weighted by Gasteiger charge is -2.11. The van der Waals surface area contributed by atoms with Crippen molar-refractivity contribution in [1.29, 1.82) is 0 Å². The number of nitrogens with one attached hydrogen (secondary N) is 2. The van der Waals surface area contributed by atoms with Gasteiger partial charge in [-0.05, 0) is 28.1 Å². The zero-order chi connectivity index (χ0) is 14.0. The van der Waals surface area contributed by atoms with Crippen LogP contribution in [0.15, 0.2) is 22.8 Å². The van der Waals surface area contributed by atoms with E-state index in [1.54, 1.807) is 12.1 Å². The topological polar surface area (TPSA) is 75.9 Å². The zero-order valence-corrected chi connectivity index (χ0v) is 13.1. The molecule has 2 rings (SSSR count). The van der Waals surface area contributed by atoms with E-state index >= 15 is 0 Å². The number of nitrogens with two attached hydrogens (primary N) is 1. The first-order valence-corrected chi connectivity index (χ1v) is 6.85. The summed E-state index contributed by atoms with van der Waals surface area (Å²) in [4.78, 5) is 7.94. The van der Waals surface area contributed by atoms with Crippen molar-refractivity contribution in [2.75, 3.05) is 10.7 Å². The van der Waals surface area contributed by atoms with E-state index in [9.17, 15) is 0 Å². The fourth-order valence-corrected chi connectivity index (χ4v) is 2.23. The van der Waals surface area contributed by atoms with Gasteiger partial charge in [-0.1, -0.05) is 34.8 Å². The van der Waals surface area contributed by atoms with Crippen molar-refractivity contribution in [3.05, 3.63) is 37.9 Å². The standard InChI is InChI=1S/C10H7BrCl3N5/c11-4-1-2-6(8(14)7(4)13)17-9-5(12)3-16-10(18-9)19-15/h1-3H,15H2,(H2,16,17,18,19). The first-order chi connectivity index (χ1) is 9.02. The van der Waals surface area contributed by atoms with Gasteiger partial charge in [0.25, 0.3) is 0 Å². The van der Waals surface area contributed by atoms with Crippen molar-refractivity contribution in [3.63, 3.8) is 0 Å². The number of aromatic nitrogens is 2. The van der Waals surface area contributed by atoms with Gasteiger partial charge in [-0.2, -0.15) is 4.98 Å². The number of hydrazine groups is 1. The van der Waals surface area contributed by atoms with Gasteiger partial charge >= 0.3 is 0 Å². The molecule has 0 fully saturated rings. The number of rotatable bonds is 3. The molecule has 1 heterocycles. The SMILES string of the molecule is NNc1ncc(Cl)c(Nc2ccc(Br)c(Cl)c2Cl)n1. The van der Waals surface area contributed by atoms with E-state index in [1.807, 2.05) is 0 Å². The monoisotopic (exact) mass is 381 g/mol. The van der Waals surface area contributed by atoms with E-state index in [2.05, 4.69) is 36.6 Å². The van der Waals surface area contributed by atoms with E-state index in [0.717, 1.165) is 0 Å². The highest BCUT2D eigenvalue weighted by atomic mass is 79.9. The minimum Gasteiger partial charge on any atom is -0.338 e. The molecular weight excluding hydrogens is 376 g/mol. The van der Waals surface area contributed by atoms with Crippen LogP contribution in [0.2, 0.25) is 15.1 Å². The van der Waals surface area contributed by atoms with E-state index in [4.69, 9.17) is 40.6 Å². The zero-order valence-electron chi connectivity index (χ0n) is 9.22. The van der Waals surface area contributed by atoms with Crippen LogP contribution in [0.1, 0.15) is 0 Å². The summed E-state index contributed by atoms with van der Waals surface area (Å²) in [5.74, 6) is 5.83. The van der Waals surface area contributed by atoms with Gasteiger partial charge in [-0.3, -0.25) is 5.43 Å². The minimum atomic E-state index is 0.228. The number of hydrogen-bond acceptors (Lipinski definition) is 5. The molecule has 5 nitrogen and oxygen atoms in total. The molecule has 0 spiro atoms. The maximum atomic E-state index is 6.12. The summed E-state index contributed by atoms with van der Waals surface area (Å²) in [7, 11) is 0. The molecule has 100 valence electrons.